The lowest BCUT2D eigenvalue weighted by Gasteiger charge is -2.03. The van der Waals surface area contributed by atoms with Gasteiger partial charge in [-0.3, -0.25) is 9.89 Å². The summed E-state index contributed by atoms with van der Waals surface area (Å²) < 4.78 is 0. The van der Waals surface area contributed by atoms with E-state index in [-0.39, 0.29) is 12.5 Å². The van der Waals surface area contributed by atoms with E-state index in [0.29, 0.717) is 11.5 Å². The molecule has 0 saturated heterocycles. The van der Waals surface area contributed by atoms with Gasteiger partial charge in [0.2, 0.25) is 11.7 Å². The minimum absolute atomic E-state index is 0.00119. The molecule has 0 aliphatic carbocycles. The summed E-state index contributed by atoms with van der Waals surface area (Å²) in [5.41, 5.74) is 3.14. The highest BCUT2D eigenvalue weighted by atomic mass is 32.1. The third-order valence-corrected chi connectivity index (χ3v) is 3.59. The predicted molar refractivity (Wildman–Crippen MR) is 77.8 cm³/mol. The van der Waals surface area contributed by atoms with E-state index in [1.807, 2.05) is 30.7 Å². The van der Waals surface area contributed by atoms with E-state index in [1.165, 1.54) is 4.80 Å². The highest BCUT2D eigenvalue weighted by Gasteiger charge is 2.13. The average molecular weight is 303 g/mol. The number of nitrogens with one attached hydrogen (secondary N) is 2. The number of tetrazole rings is 1. The average Bonchev–Trinajstić information content (AvgIpc) is 3.16. The molecule has 3 aromatic heterocycles. The largest absolute Gasteiger partial charge is 0.321 e. The van der Waals surface area contributed by atoms with Gasteiger partial charge in [-0.2, -0.15) is 21.2 Å². The third kappa shape index (κ3) is 2.82. The van der Waals surface area contributed by atoms with Crippen LogP contribution in [0.3, 0.4) is 0 Å². The molecule has 9 heteroatoms. The fourth-order valence-corrected chi connectivity index (χ4v) is 2.49. The molecule has 0 saturated carbocycles. The van der Waals surface area contributed by atoms with E-state index < -0.39 is 0 Å². The number of aromatic nitrogens is 6. The van der Waals surface area contributed by atoms with Crippen LogP contribution in [0.15, 0.2) is 16.8 Å². The Kier molecular flexibility index (Phi) is 3.48. The molecule has 0 bridgehead atoms. The number of amides is 1. The molecule has 0 aliphatic heterocycles. The van der Waals surface area contributed by atoms with Crippen molar-refractivity contribution in [3.05, 3.63) is 28.2 Å². The van der Waals surface area contributed by atoms with Crippen LogP contribution in [-0.4, -0.2) is 36.3 Å². The molecular weight excluding hydrogens is 290 g/mol. The van der Waals surface area contributed by atoms with Gasteiger partial charge in [-0.25, -0.2) is 0 Å². The quantitative estimate of drug-likeness (QED) is 0.758. The van der Waals surface area contributed by atoms with E-state index in [9.17, 15) is 4.79 Å². The fraction of sp³-hybridized carbons (Fsp3) is 0.250. The summed E-state index contributed by atoms with van der Waals surface area (Å²) in [7, 11) is 0. The van der Waals surface area contributed by atoms with Gasteiger partial charge >= 0.3 is 0 Å². The molecule has 108 valence electrons. The van der Waals surface area contributed by atoms with Gasteiger partial charge in [-0.15, -0.1) is 10.2 Å². The normalized spacial score (nSPS) is 10.8. The van der Waals surface area contributed by atoms with Crippen LogP contribution in [0.1, 0.15) is 11.4 Å². The second-order valence-electron chi connectivity index (χ2n) is 4.51. The molecule has 0 aromatic carbocycles. The molecule has 3 rings (SSSR count). The number of hydrogen-bond acceptors (Lipinski definition) is 6. The van der Waals surface area contributed by atoms with Crippen LogP contribution in [-0.2, 0) is 11.3 Å². The Hall–Kier alpha value is -2.55. The maximum Gasteiger partial charge on any atom is 0.248 e. The van der Waals surface area contributed by atoms with Crippen LogP contribution in [0, 0.1) is 13.8 Å². The summed E-state index contributed by atoms with van der Waals surface area (Å²) in [4.78, 5) is 13.3. The van der Waals surface area contributed by atoms with E-state index >= 15 is 0 Å². The molecule has 2 N–H and O–H groups in total. The second kappa shape index (κ2) is 5.44. The first-order valence-corrected chi connectivity index (χ1v) is 7.19. The van der Waals surface area contributed by atoms with Crippen molar-refractivity contribution >= 4 is 22.9 Å². The molecular formula is C12H13N7OS. The lowest BCUT2D eigenvalue weighted by atomic mass is 10.3. The van der Waals surface area contributed by atoms with Gasteiger partial charge in [0.25, 0.3) is 0 Å². The van der Waals surface area contributed by atoms with Crippen LogP contribution in [0.25, 0.3) is 11.4 Å². The van der Waals surface area contributed by atoms with Crippen LogP contribution >= 0.6 is 11.3 Å². The van der Waals surface area contributed by atoms with Gasteiger partial charge in [-0.1, -0.05) is 0 Å². The predicted octanol–water partition coefficient (Wildman–Crippen LogP) is 1.38. The van der Waals surface area contributed by atoms with Crippen molar-refractivity contribution in [1.82, 2.24) is 30.4 Å². The van der Waals surface area contributed by atoms with Gasteiger partial charge in [0.05, 0.1) is 17.1 Å². The zero-order chi connectivity index (χ0) is 14.8. The maximum absolute atomic E-state index is 12.0. The zero-order valence-electron chi connectivity index (χ0n) is 11.5. The van der Waals surface area contributed by atoms with E-state index in [1.54, 1.807) is 11.3 Å². The highest BCUT2D eigenvalue weighted by Crippen LogP contribution is 2.17. The Balaban J connectivity index is 1.68. The Morgan fingerprint density at radius 3 is 3.00 bits per heavy atom. The Morgan fingerprint density at radius 2 is 2.33 bits per heavy atom. The number of anilines is 1. The molecule has 21 heavy (non-hydrogen) atoms. The molecule has 3 heterocycles. The van der Waals surface area contributed by atoms with Crippen molar-refractivity contribution in [1.29, 1.82) is 0 Å². The molecule has 0 radical (unpaired) electrons. The number of aryl methyl sites for hydroxylation is 2. The van der Waals surface area contributed by atoms with Gasteiger partial charge in [0, 0.05) is 10.9 Å². The number of rotatable bonds is 4. The summed E-state index contributed by atoms with van der Waals surface area (Å²) in [6, 6.07) is 1.91. The summed E-state index contributed by atoms with van der Waals surface area (Å²) in [5.74, 6) is 0.289. The number of thiophene rings is 1. The fourth-order valence-electron chi connectivity index (χ4n) is 1.86. The smallest absolute Gasteiger partial charge is 0.248 e. The van der Waals surface area contributed by atoms with Crippen LogP contribution < -0.4 is 5.32 Å². The molecule has 0 atom stereocenters. The lowest BCUT2D eigenvalue weighted by molar-refractivity contribution is -0.117. The van der Waals surface area contributed by atoms with Gasteiger partial charge in [0.1, 0.15) is 6.54 Å². The summed E-state index contributed by atoms with van der Waals surface area (Å²) >= 11 is 1.56. The van der Waals surface area contributed by atoms with Crippen LogP contribution in [0.4, 0.5) is 5.69 Å². The molecule has 0 aliphatic rings. The summed E-state index contributed by atoms with van der Waals surface area (Å²) in [6.45, 7) is 3.67. The Labute approximate surface area is 124 Å². The number of aromatic amines is 1. The van der Waals surface area contributed by atoms with Gasteiger partial charge in [-0.05, 0) is 30.5 Å². The van der Waals surface area contributed by atoms with Crippen molar-refractivity contribution < 1.29 is 4.79 Å². The van der Waals surface area contributed by atoms with Crippen molar-refractivity contribution in [3.63, 3.8) is 0 Å². The SMILES string of the molecule is Cc1n[nH]c(C)c1NC(=O)Cn1nnc(-c2ccsc2)n1. The van der Waals surface area contributed by atoms with Crippen LogP contribution in [0.2, 0.25) is 0 Å². The Morgan fingerprint density at radius 1 is 1.48 bits per heavy atom. The van der Waals surface area contributed by atoms with Crippen molar-refractivity contribution in [2.45, 2.75) is 20.4 Å². The molecule has 0 fully saturated rings. The number of nitrogens with zero attached hydrogens (tertiary/aromatic N) is 5. The number of carbonyl (C=O) groups is 1. The minimum atomic E-state index is -0.225. The van der Waals surface area contributed by atoms with Gasteiger partial charge in [0.15, 0.2) is 0 Å². The highest BCUT2D eigenvalue weighted by molar-refractivity contribution is 7.08. The first kappa shape index (κ1) is 13.4. The topological polar surface area (TPSA) is 101 Å². The van der Waals surface area contributed by atoms with E-state index in [4.69, 9.17) is 0 Å². The van der Waals surface area contributed by atoms with Crippen molar-refractivity contribution in [2.24, 2.45) is 0 Å². The molecule has 0 spiro atoms. The first-order chi connectivity index (χ1) is 10.1. The van der Waals surface area contributed by atoms with Crippen molar-refractivity contribution in [2.75, 3.05) is 5.32 Å². The van der Waals surface area contributed by atoms with Crippen molar-refractivity contribution in [3.8, 4) is 11.4 Å². The monoisotopic (exact) mass is 303 g/mol. The summed E-state index contributed by atoms with van der Waals surface area (Å²) in [5, 5.41) is 25.5. The maximum atomic E-state index is 12.0. The van der Waals surface area contributed by atoms with E-state index in [2.05, 4.69) is 30.9 Å². The standard InChI is InChI=1S/C12H13N7OS/c1-7-11(8(2)15-14-7)13-10(20)5-19-17-12(16-18-19)9-3-4-21-6-9/h3-4,6H,5H2,1-2H3,(H,13,20)(H,14,15). The van der Waals surface area contributed by atoms with E-state index in [0.717, 1.165) is 17.0 Å². The number of H-pyrrole nitrogens is 1. The number of carbonyl (C=O) groups excluding carboxylic acids is 1. The van der Waals surface area contributed by atoms with Crippen LogP contribution in [0.5, 0.6) is 0 Å². The zero-order valence-corrected chi connectivity index (χ0v) is 12.3. The number of hydrogen-bond donors (Lipinski definition) is 2. The first-order valence-electron chi connectivity index (χ1n) is 6.25. The molecule has 0 unspecified atom stereocenters. The van der Waals surface area contributed by atoms with Gasteiger partial charge < -0.3 is 5.32 Å². The lowest BCUT2D eigenvalue weighted by Crippen LogP contribution is -2.21. The molecule has 8 nitrogen and oxygen atoms in total. The second-order valence-corrected chi connectivity index (χ2v) is 5.29. The summed E-state index contributed by atoms with van der Waals surface area (Å²) in [6.07, 6.45) is 0. The Bertz CT molecular complexity index is 739. The molecule has 3 aromatic rings. The molecule has 1 amide bonds. The third-order valence-electron chi connectivity index (χ3n) is 2.91. The minimum Gasteiger partial charge on any atom is -0.321 e.